The second-order valence-electron chi connectivity index (χ2n) is 8.15. The van der Waals surface area contributed by atoms with Crippen LogP contribution in [0.1, 0.15) is 15.9 Å². The molecule has 2 N–H and O–H groups in total. The minimum absolute atomic E-state index is 0.158. The number of aryl methyl sites for hydroxylation is 1. The van der Waals surface area contributed by atoms with Crippen molar-refractivity contribution >= 4 is 50.7 Å². The van der Waals surface area contributed by atoms with E-state index in [0.29, 0.717) is 22.6 Å². The van der Waals surface area contributed by atoms with Crippen molar-refractivity contribution in [1.29, 1.82) is 0 Å². The number of rotatable bonds is 5. The first-order chi connectivity index (χ1) is 17.4. The molecular weight excluding hydrogens is 474 g/mol. The molecule has 5 rings (SSSR count). The van der Waals surface area contributed by atoms with Crippen molar-refractivity contribution in [3.05, 3.63) is 83.9 Å². The van der Waals surface area contributed by atoms with Crippen molar-refractivity contribution in [2.45, 2.75) is 6.92 Å². The van der Waals surface area contributed by atoms with Gasteiger partial charge in [0, 0.05) is 22.7 Å². The number of fused-ring (bicyclic) bond motifs is 2. The first-order valence-corrected chi connectivity index (χ1v) is 11.6. The maximum Gasteiger partial charge on any atom is 0.257 e. The molecule has 0 aliphatic carbocycles. The van der Waals surface area contributed by atoms with Crippen LogP contribution in [0.5, 0.6) is 11.5 Å². The zero-order chi connectivity index (χ0) is 25.2. The molecule has 1 aromatic heterocycles. The molecule has 0 radical (unpaired) electrons. The lowest BCUT2D eigenvalue weighted by molar-refractivity contribution is 0.0977. The SMILES string of the molecule is COc1cc(OC)cc(C(=O)NC(=S)Nc2cc3nn(-c4cccc5ccccc45)nc3cc2C)c1. The van der Waals surface area contributed by atoms with Crippen molar-refractivity contribution in [1.82, 2.24) is 20.3 Å². The molecule has 0 fully saturated rings. The van der Waals surface area contributed by atoms with Gasteiger partial charge in [0.05, 0.1) is 19.9 Å². The number of nitrogens with one attached hydrogen (secondary N) is 2. The van der Waals surface area contributed by atoms with Crippen LogP contribution in [-0.4, -0.2) is 40.2 Å². The number of aromatic nitrogens is 3. The zero-order valence-electron chi connectivity index (χ0n) is 19.9. The highest BCUT2D eigenvalue weighted by Gasteiger charge is 2.14. The second-order valence-corrected chi connectivity index (χ2v) is 8.56. The first kappa shape index (κ1) is 23.3. The van der Waals surface area contributed by atoms with Gasteiger partial charge in [0.25, 0.3) is 5.91 Å². The van der Waals surface area contributed by atoms with Gasteiger partial charge in [-0.25, -0.2) is 0 Å². The van der Waals surface area contributed by atoms with Crippen molar-refractivity contribution in [3.8, 4) is 17.2 Å². The Morgan fingerprint density at radius 1 is 0.889 bits per heavy atom. The van der Waals surface area contributed by atoms with E-state index in [1.165, 1.54) is 14.2 Å². The summed E-state index contributed by atoms with van der Waals surface area (Å²) in [6.07, 6.45) is 0. The standard InChI is InChI=1S/C27H23N5O3S/c1-16-11-23-24(31-32(30-23)25-10-6-8-17-7-4-5-9-21(17)25)15-22(16)28-27(36)29-26(33)18-12-19(34-2)14-20(13-18)35-3/h4-15H,1-3H3,(H2,28,29,33,36). The Kier molecular flexibility index (Phi) is 6.22. The zero-order valence-corrected chi connectivity index (χ0v) is 20.7. The van der Waals surface area contributed by atoms with Gasteiger partial charge in [0.1, 0.15) is 22.5 Å². The minimum atomic E-state index is -0.384. The average Bonchev–Trinajstić information content (AvgIpc) is 3.30. The molecule has 36 heavy (non-hydrogen) atoms. The summed E-state index contributed by atoms with van der Waals surface area (Å²) in [6.45, 7) is 1.94. The average molecular weight is 498 g/mol. The molecule has 1 heterocycles. The Morgan fingerprint density at radius 3 is 2.28 bits per heavy atom. The second kappa shape index (κ2) is 9.63. The van der Waals surface area contributed by atoms with Crippen LogP contribution < -0.4 is 20.1 Å². The fraction of sp³-hybridized carbons (Fsp3) is 0.111. The molecule has 0 unspecified atom stereocenters. The highest BCUT2D eigenvalue weighted by molar-refractivity contribution is 7.80. The van der Waals surface area contributed by atoms with Crippen LogP contribution in [0.25, 0.3) is 27.5 Å². The first-order valence-electron chi connectivity index (χ1n) is 11.2. The number of amides is 1. The number of anilines is 1. The van der Waals surface area contributed by atoms with E-state index in [1.807, 2.05) is 43.3 Å². The monoisotopic (exact) mass is 497 g/mol. The lowest BCUT2D eigenvalue weighted by Crippen LogP contribution is -2.34. The molecule has 0 bridgehead atoms. The van der Waals surface area contributed by atoms with Crippen LogP contribution in [0.2, 0.25) is 0 Å². The van der Waals surface area contributed by atoms with Gasteiger partial charge in [0.2, 0.25) is 0 Å². The number of benzene rings is 4. The molecule has 8 nitrogen and oxygen atoms in total. The summed E-state index contributed by atoms with van der Waals surface area (Å²) in [5.41, 5.74) is 4.34. The van der Waals surface area contributed by atoms with Gasteiger partial charge in [0.15, 0.2) is 5.11 Å². The van der Waals surface area contributed by atoms with E-state index >= 15 is 0 Å². The smallest absolute Gasteiger partial charge is 0.257 e. The van der Waals surface area contributed by atoms with Crippen LogP contribution in [0.15, 0.2) is 72.8 Å². The summed E-state index contributed by atoms with van der Waals surface area (Å²) in [6, 6.07) is 22.9. The van der Waals surface area contributed by atoms with E-state index in [1.54, 1.807) is 23.0 Å². The van der Waals surface area contributed by atoms with Gasteiger partial charge in [-0.05, 0) is 60.4 Å². The van der Waals surface area contributed by atoms with Crippen LogP contribution in [0.4, 0.5) is 5.69 Å². The lowest BCUT2D eigenvalue weighted by atomic mass is 10.1. The molecular formula is C27H23N5O3S. The molecule has 9 heteroatoms. The molecule has 1 amide bonds. The van der Waals surface area contributed by atoms with E-state index in [-0.39, 0.29) is 11.0 Å². The predicted molar refractivity (Wildman–Crippen MR) is 144 cm³/mol. The summed E-state index contributed by atoms with van der Waals surface area (Å²) in [5, 5.41) is 17.5. The third-order valence-corrected chi connectivity index (χ3v) is 6.00. The van der Waals surface area contributed by atoms with Crippen molar-refractivity contribution in [2.24, 2.45) is 0 Å². The Balaban J connectivity index is 1.38. The van der Waals surface area contributed by atoms with E-state index in [2.05, 4.69) is 33.9 Å². The summed E-state index contributed by atoms with van der Waals surface area (Å²) < 4.78 is 10.5. The Morgan fingerprint density at radius 2 is 1.56 bits per heavy atom. The summed E-state index contributed by atoms with van der Waals surface area (Å²) >= 11 is 5.40. The minimum Gasteiger partial charge on any atom is -0.497 e. The number of nitrogens with zero attached hydrogens (tertiary/aromatic N) is 3. The van der Waals surface area contributed by atoms with Gasteiger partial charge in [-0.15, -0.1) is 15.0 Å². The Bertz CT molecular complexity index is 1600. The molecule has 5 aromatic rings. The Hall–Kier alpha value is -4.50. The molecule has 4 aromatic carbocycles. The topological polar surface area (TPSA) is 90.3 Å². The fourth-order valence-corrected chi connectivity index (χ4v) is 4.16. The fourth-order valence-electron chi connectivity index (χ4n) is 3.96. The molecule has 0 aliphatic heterocycles. The quantitative estimate of drug-likeness (QED) is 0.329. The Labute approximate surface area is 212 Å². The third-order valence-electron chi connectivity index (χ3n) is 5.80. The van der Waals surface area contributed by atoms with E-state index < -0.39 is 0 Å². The van der Waals surface area contributed by atoms with Gasteiger partial charge in [-0.3, -0.25) is 10.1 Å². The molecule has 180 valence electrons. The number of hydrogen-bond acceptors (Lipinski definition) is 6. The highest BCUT2D eigenvalue weighted by Crippen LogP contribution is 2.26. The lowest BCUT2D eigenvalue weighted by Gasteiger charge is -2.12. The normalized spacial score (nSPS) is 10.9. The van der Waals surface area contributed by atoms with Crippen LogP contribution in [0.3, 0.4) is 0 Å². The molecule has 0 saturated carbocycles. The molecule has 0 aliphatic rings. The summed E-state index contributed by atoms with van der Waals surface area (Å²) in [7, 11) is 3.05. The van der Waals surface area contributed by atoms with E-state index in [4.69, 9.17) is 26.8 Å². The van der Waals surface area contributed by atoms with Gasteiger partial charge in [-0.2, -0.15) is 0 Å². The predicted octanol–water partition coefficient (Wildman–Crippen LogP) is 5.03. The van der Waals surface area contributed by atoms with E-state index in [0.717, 1.165) is 33.2 Å². The van der Waals surface area contributed by atoms with Gasteiger partial charge >= 0.3 is 0 Å². The number of hydrogen-bond donors (Lipinski definition) is 2. The largest absolute Gasteiger partial charge is 0.497 e. The molecule has 0 saturated heterocycles. The summed E-state index contributed by atoms with van der Waals surface area (Å²) in [5.74, 6) is 0.633. The van der Waals surface area contributed by atoms with Crippen LogP contribution >= 0.6 is 12.2 Å². The maximum absolute atomic E-state index is 12.8. The van der Waals surface area contributed by atoms with Crippen molar-refractivity contribution in [3.63, 3.8) is 0 Å². The van der Waals surface area contributed by atoms with E-state index in [9.17, 15) is 4.79 Å². The van der Waals surface area contributed by atoms with Gasteiger partial charge < -0.3 is 14.8 Å². The number of methoxy groups -OCH3 is 2. The highest BCUT2D eigenvalue weighted by atomic mass is 32.1. The number of ether oxygens (including phenoxy) is 2. The van der Waals surface area contributed by atoms with Crippen LogP contribution in [0, 0.1) is 6.92 Å². The maximum atomic E-state index is 12.8. The van der Waals surface area contributed by atoms with Crippen molar-refractivity contribution < 1.29 is 14.3 Å². The summed E-state index contributed by atoms with van der Waals surface area (Å²) in [4.78, 5) is 14.4. The van der Waals surface area contributed by atoms with Crippen LogP contribution in [-0.2, 0) is 0 Å². The van der Waals surface area contributed by atoms with Gasteiger partial charge in [-0.1, -0.05) is 36.4 Å². The third kappa shape index (κ3) is 4.56. The molecule has 0 atom stereocenters. The number of carbonyl (C=O) groups excluding carboxylic acids is 1. The number of carbonyl (C=O) groups is 1. The molecule has 0 spiro atoms. The number of thiocarbonyl (C=S) groups is 1. The van der Waals surface area contributed by atoms with Crippen molar-refractivity contribution in [2.75, 3.05) is 19.5 Å².